The Bertz CT molecular complexity index is 450. The fourth-order valence-electron chi connectivity index (χ4n) is 1.89. The number of nitrogens with zero attached hydrogens (tertiary/aromatic N) is 1. The molecule has 1 aromatic rings. The van der Waals surface area contributed by atoms with Crippen molar-refractivity contribution in [3.05, 3.63) is 29.8 Å². The van der Waals surface area contributed by atoms with E-state index in [1.165, 1.54) is 5.56 Å². The van der Waals surface area contributed by atoms with E-state index in [9.17, 15) is 0 Å². The Morgan fingerprint density at radius 1 is 1.12 bits per heavy atom. The molecule has 0 aromatic heterocycles. The second kappa shape index (κ2) is 14.3. The van der Waals surface area contributed by atoms with E-state index >= 15 is 0 Å². The van der Waals surface area contributed by atoms with Gasteiger partial charge in [0.05, 0.1) is 12.6 Å². The van der Waals surface area contributed by atoms with E-state index in [2.05, 4.69) is 29.5 Å². The van der Waals surface area contributed by atoms with Gasteiger partial charge in [0.2, 0.25) is 0 Å². The lowest BCUT2D eigenvalue weighted by Crippen LogP contribution is -2.39. The SMILES string of the molecule is CCNC(=NCCCOC(C)C)NCCOc1ccc(C)cc1.I. The molecule has 0 atom stereocenters. The highest BCUT2D eigenvalue weighted by atomic mass is 127. The van der Waals surface area contributed by atoms with E-state index in [4.69, 9.17) is 9.47 Å². The third-order valence-corrected chi connectivity index (χ3v) is 3.05. The molecule has 0 spiro atoms. The van der Waals surface area contributed by atoms with E-state index in [-0.39, 0.29) is 30.1 Å². The molecule has 24 heavy (non-hydrogen) atoms. The van der Waals surface area contributed by atoms with E-state index in [1.807, 2.05) is 38.1 Å². The average Bonchev–Trinajstić information content (AvgIpc) is 2.52. The summed E-state index contributed by atoms with van der Waals surface area (Å²) in [5, 5.41) is 6.51. The van der Waals surface area contributed by atoms with Crippen molar-refractivity contribution in [3.8, 4) is 5.75 Å². The second-order valence-corrected chi connectivity index (χ2v) is 5.62. The highest BCUT2D eigenvalue weighted by Crippen LogP contribution is 2.10. The summed E-state index contributed by atoms with van der Waals surface area (Å²) in [4.78, 5) is 4.53. The molecule has 0 aliphatic carbocycles. The fourth-order valence-corrected chi connectivity index (χ4v) is 1.89. The van der Waals surface area contributed by atoms with Gasteiger partial charge < -0.3 is 20.1 Å². The lowest BCUT2D eigenvalue weighted by Gasteiger charge is -2.12. The maximum atomic E-state index is 5.69. The number of aryl methyl sites for hydroxylation is 1. The molecule has 1 rings (SSSR count). The van der Waals surface area contributed by atoms with Crippen LogP contribution in [0.15, 0.2) is 29.3 Å². The van der Waals surface area contributed by atoms with Gasteiger partial charge in [-0.2, -0.15) is 0 Å². The van der Waals surface area contributed by atoms with Crippen LogP contribution in [0, 0.1) is 6.92 Å². The standard InChI is InChI=1S/C18H31N3O2.HI/c1-5-19-18(20-11-6-13-22-15(2)3)21-12-14-23-17-9-7-16(4)8-10-17;/h7-10,15H,5-6,11-14H2,1-4H3,(H2,19,20,21);1H. The van der Waals surface area contributed by atoms with Crippen LogP contribution in [0.2, 0.25) is 0 Å². The third kappa shape index (κ3) is 11.5. The number of hydrogen-bond acceptors (Lipinski definition) is 3. The zero-order valence-corrected chi connectivity index (χ0v) is 17.6. The van der Waals surface area contributed by atoms with Gasteiger partial charge in [0.25, 0.3) is 0 Å². The largest absolute Gasteiger partial charge is 0.492 e. The molecule has 0 radical (unpaired) electrons. The summed E-state index contributed by atoms with van der Waals surface area (Å²) in [5.74, 6) is 1.72. The zero-order chi connectivity index (χ0) is 16.9. The molecule has 0 aliphatic rings. The zero-order valence-electron chi connectivity index (χ0n) is 15.3. The van der Waals surface area contributed by atoms with Crippen LogP contribution in [0.25, 0.3) is 0 Å². The van der Waals surface area contributed by atoms with Crippen molar-refractivity contribution in [3.63, 3.8) is 0 Å². The predicted octanol–water partition coefficient (Wildman–Crippen LogP) is 3.36. The molecule has 0 bridgehead atoms. The van der Waals surface area contributed by atoms with Gasteiger partial charge in [-0.05, 0) is 46.2 Å². The summed E-state index contributed by atoms with van der Waals surface area (Å²) in [6.45, 7) is 11.9. The first-order valence-corrected chi connectivity index (χ1v) is 8.45. The molecule has 0 saturated carbocycles. The summed E-state index contributed by atoms with van der Waals surface area (Å²) in [6.07, 6.45) is 1.21. The van der Waals surface area contributed by atoms with Crippen molar-refractivity contribution in [2.24, 2.45) is 4.99 Å². The number of rotatable bonds is 10. The Morgan fingerprint density at radius 3 is 2.46 bits per heavy atom. The average molecular weight is 449 g/mol. The van der Waals surface area contributed by atoms with Crippen molar-refractivity contribution in [2.75, 3.05) is 32.8 Å². The molecule has 0 unspecified atom stereocenters. The molecular formula is C18H32IN3O2. The van der Waals surface area contributed by atoms with Crippen molar-refractivity contribution in [1.82, 2.24) is 10.6 Å². The van der Waals surface area contributed by atoms with Crippen LogP contribution < -0.4 is 15.4 Å². The van der Waals surface area contributed by atoms with E-state index < -0.39 is 0 Å². The maximum Gasteiger partial charge on any atom is 0.191 e. The first kappa shape index (κ1) is 23.0. The monoisotopic (exact) mass is 449 g/mol. The van der Waals surface area contributed by atoms with Crippen molar-refractivity contribution >= 4 is 29.9 Å². The maximum absolute atomic E-state index is 5.69. The smallest absolute Gasteiger partial charge is 0.191 e. The topological polar surface area (TPSA) is 54.9 Å². The number of ether oxygens (including phenoxy) is 2. The highest BCUT2D eigenvalue weighted by Gasteiger charge is 1.98. The third-order valence-electron chi connectivity index (χ3n) is 3.05. The number of nitrogens with one attached hydrogen (secondary N) is 2. The van der Waals surface area contributed by atoms with Gasteiger partial charge in [0, 0.05) is 19.7 Å². The molecule has 2 N–H and O–H groups in total. The summed E-state index contributed by atoms with van der Waals surface area (Å²) >= 11 is 0. The van der Waals surface area contributed by atoms with Crippen LogP contribution >= 0.6 is 24.0 Å². The van der Waals surface area contributed by atoms with Crippen molar-refractivity contribution in [1.29, 1.82) is 0 Å². The van der Waals surface area contributed by atoms with Crippen LogP contribution in [-0.2, 0) is 4.74 Å². The van der Waals surface area contributed by atoms with E-state index in [1.54, 1.807) is 0 Å². The summed E-state index contributed by atoms with van der Waals surface area (Å²) in [6, 6.07) is 8.08. The predicted molar refractivity (Wildman–Crippen MR) is 112 cm³/mol. The van der Waals surface area contributed by atoms with Crippen LogP contribution in [0.4, 0.5) is 0 Å². The second-order valence-electron chi connectivity index (χ2n) is 5.62. The lowest BCUT2D eigenvalue weighted by atomic mass is 10.2. The molecule has 138 valence electrons. The minimum absolute atomic E-state index is 0. The number of aliphatic imine (C=N–C) groups is 1. The van der Waals surface area contributed by atoms with Gasteiger partial charge in [0.1, 0.15) is 12.4 Å². The van der Waals surface area contributed by atoms with Gasteiger partial charge in [-0.25, -0.2) is 0 Å². The number of guanidine groups is 1. The number of benzene rings is 1. The Balaban J connectivity index is 0.00000529. The Hall–Kier alpha value is -1.02. The van der Waals surface area contributed by atoms with Crippen molar-refractivity contribution in [2.45, 2.75) is 40.2 Å². The van der Waals surface area contributed by atoms with E-state index in [0.717, 1.165) is 37.8 Å². The minimum Gasteiger partial charge on any atom is -0.492 e. The molecule has 0 heterocycles. The summed E-state index contributed by atoms with van der Waals surface area (Å²) in [5.41, 5.74) is 1.23. The van der Waals surface area contributed by atoms with Crippen LogP contribution in [0.3, 0.4) is 0 Å². The van der Waals surface area contributed by atoms with Gasteiger partial charge in [-0.3, -0.25) is 4.99 Å². The number of halogens is 1. The van der Waals surface area contributed by atoms with Crippen molar-refractivity contribution < 1.29 is 9.47 Å². The molecular weight excluding hydrogens is 417 g/mol. The van der Waals surface area contributed by atoms with Crippen LogP contribution in [0.1, 0.15) is 32.8 Å². The number of hydrogen-bond donors (Lipinski definition) is 2. The van der Waals surface area contributed by atoms with Gasteiger partial charge >= 0.3 is 0 Å². The molecule has 6 heteroatoms. The first-order chi connectivity index (χ1) is 11.1. The Morgan fingerprint density at radius 2 is 1.83 bits per heavy atom. The van der Waals surface area contributed by atoms with Gasteiger partial charge in [-0.1, -0.05) is 17.7 Å². The van der Waals surface area contributed by atoms with E-state index in [0.29, 0.717) is 13.2 Å². The molecule has 0 fully saturated rings. The van der Waals surface area contributed by atoms with Gasteiger partial charge in [0.15, 0.2) is 5.96 Å². The highest BCUT2D eigenvalue weighted by molar-refractivity contribution is 14.0. The molecule has 1 aromatic carbocycles. The summed E-state index contributed by atoms with van der Waals surface area (Å²) in [7, 11) is 0. The van der Waals surface area contributed by atoms with Crippen LogP contribution in [0.5, 0.6) is 5.75 Å². The Labute approximate surface area is 163 Å². The Kier molecular flexibility index (Phi) is 13.7. The van der Waals surface area contributed by atoms with Crippen LogP contribution in [-0.4, -0.2) is 44.9 Å². The quantitative estimate of drug-likeness (QED) is 0.249. The normalized spacial score (nSPS) is 11.1. The first-order valence-electron chi connectivity index (χ1n) is 8.45. The molecule has 0 aliphatic heterocycles. The molecule has 5 nitrogen and oxygen atoms in total. The minimum atomic E-state index is 0. The lowest BCUT2D eigenvalue weighted by molar-refractivity contribution is 0.0782. The molecule has 0 saturated heterocycles. The summed E-state index contributed by atoms with van der Waals surface area (Å²) < 4.78 is 11.2. The fraction of sp³-hybridized carbons (Fsp3) is 0.611. The molecule has 0 amide bonds. The van der Waals surface area contributed by atoms with Gasteiger partial charge in [-0.15, -0.1) is 24.0 Å².